The number of methoxy groups -OCH3 is 1. The molecule has 0 aromatic carbocycles. The number of carbonyl (C=O) groups is 2. The van der Waals surface area contributed by atoms with Crippen LogP contribution in [-0.2, 0) is 9.53 Å². The van der Waals surface area contributed by atoms with E-state index in [9.17, 15) is 9.59 Å². The molecule has 20 heavy (non-hydrogen) atoms. The van der Waals surface area contributed by atoms with E-state index < -0.39 is 0 Å². The minimum Gasteiger partial charge on any atom is -0.469 e. The van der Waals surface area contributed by atoms with Crippen LogP contribution in [0.1, 0.15) is 39.5 Å². The molecule has 0 saturated carbocycles. The largest absolute Gasteiger partial charge is 0.469 e. The van der Waals surface area contributed by atoms with Crippen LogP contribution in [0.4, 0.5) is 4.79 Å². The topological polar surface area (TPSA) is 70.7 Å². The molecule has 0 aromatic heterocycles. The van der Waals surface area contributed by atoms with Gasteiger partial charge in [-0.25, -0.2) is 4.79 Å². The first-order valence-corrected chi connectivity index (χ1v) is 7.44. The normalized spacial score (nSPS) is 10.4. The highest BCUT2D eigenvalue weighted by molar-refractivity contribution is 5.73. The molecule has 0 aliphatic heterocycles. The number of hydrogen-bond acceptors (Lipinski definition) is 4. The second-order valence-electron chi connectivity index (χ2n) is 4.60. The van der Waals surface area contributed by atoms with Crippen molar-refractivity contribution in [3.05, 3.63) is 0 Å². The first-order valence-electron chi connectivity index (χ1n) is 7.44. The standard InChI is InChI=1S/C14H29N3O3/c1-4-17(5-2)12-8-11-16-14(19)15-10-7-6-9-13(18)20-3/h4-12H2,1-3H3,(H2,15,16,19). The number of nitrogens with zero attached hydrogens (tertiary/aromatic N) is 1. The minimum absolute atomic E-state index is 0.136. The number of unbranched alkanes of at least 4 members (excludes halogenated alkanes) is 1. The highest BCUT2D eigenvalue weighted by Gasteiger charge is 2.02. The van der Waals surface area contributed by atoms with Crippen molar-refractivity contribution in [2.75, 3.05) is 39.8 Å². The van der Waals surface area contributed by atoms with E-state index in [4.69, 9.17) is 0 Å². The third-order valence-corrected chi connectivity index (χ3v) is 3.15. The molecule has 0 heterocycles. The molecule has 0 aromatic rings. The van der Waals surface area contributed by atoms with Crippen LogP contribution in [0.5, 0.6) is 0 Å². The van der Waals surface area contributed by atoms with Gasteiger partial charge in [0.05, 0.1) is 7.11 Å². The van der Waals surface area contributed by atoms with Crippen molar-refractivity contribution in [2.24, 2.45) is 0 Å². The van der Waals surface area contributed by atoms with Crippen LogP contribution in [0, 0.1) is 0 Å². The molecule has 0 fully saturated rings. The fraction of sp³-hybridized carbons (Fsp3) is 0.857. The van der Waals surface area contributed by atoms with Gasteiger partial charge in [-0.3, -0.25) is 4.79 Å². The van der Waals surface area contributed by atoms with Crippen LogP contribution in [0.15, 0.2) is 0 Å². The van der Waals surface area contributed by atoms with E-state index in [0.717, 1.165) is 38.9 Å². The number of amides is 2. The Balaban J connectivity index is 3.39. The van der Waals surface area contributed by atoms with Gasteiger partial charge in [0.2, 0.25) is 0 Å². The molecule has 0 radical (unpaired) electrons. The maximum Gasteiger partial charge on any atom is 0.314 e. The number of urea groups is 1. The zero-order valence-corrected chi connectivity index (χ0v) is 13.0. The fourth-order valence-corrected chi connectivity index (χ4v) is 1.81. The van der Waals surface area contributed by atoms with E-state index in [1.807, 2.05) is 0 Å². The van der Waals surface area contributed by atoms with Crippen molar-refractivity contribution in [2.45, 2.75) is 39.5 Å². The van der Waals surface area contributed by atoms with Gasteiger partial charge in [-0.05, 0) is 38.9 Å². The number of rotatable bonds is 11. The summed E-state index contributed by atoms with van der Waals surface area (Å²) in [5.74, 6) is -0.203. The van der Waals surface area contributed by atoms with E-state index in [2.05, 4.69) is 34.1 Å². The molecule has 6 nitrogen and oxygen atoms in total. The Kier molecular flexibility index (Phi) is 11.9. The Morgan fingerprint density at radius 1 is 1.00 bits per heavy atom. The van der Waals surface area contributed by atoms with E-state index >= 15 is 0 Å². The summed E-state index contributed by atoms with van der Waals surface area (Å²) in [6.07, 6.45) is 2.87. The molecular weight excluding hydrogens is 258 g/mol. The predicted octanol–water partition coefficient (Wildman–Crippen LogP) is 1.36. The molecule has 2 N–H and O–H groups in total. The predicted molar refractivity (Wildman–Crippen MR) is 79.7 cm³/mol. The number of hydrogen-bond donors (Lipinski definition) is 2. The summed E-state index contributed by atoms with van der Waals surface area (Å²) in [5, 5.41) is 5.60. The molecule has 0 rings (SSSR count). The van der Waals surface area contributed by atoms with E-state index in [1.54, 1.807) is 0 Å². The number of esters is 1. The van der Waals surface area contributed by atoms with E-state index in [0.29, 0.717) is 19.5 Å². The first-order chi connectivity index (χ1) is 9.63. The Bertz CT molecular complexity index is 268. The maximum atomic E-state index is 11.5. The van der Waals surface area contributed by atoms with Crippen LogP contribution in [0.25, 0.3) is 0 Å². The van der Waals surface area contributed by atoms with Crippen molar-refractivity contribution in [1.29, 1.82) is 0 Å². The van der Waals surface area contributed by atoms with Gasteiger partial charge < -0.3 is 20.3 Å². The van der Waals surface area contributed by atoms with Gasteiger partial charge in [0.15, 0.2) is 0 Å². The average molecular weight is 287 g/mol. The maximum absolute atomic E-state index is 11.5. The third kappa shape index (κ3) is 10.6. The summed E-state index contributed by atoms with van der Waals surface area (Å²) in [5.41, 5.74) is 0. The van der Waals surface area contributed by atoms with Crippen LogP contribution >= 0.6 is 0 Å². The second kappa shape index (κ2) is 12.7. The summed E-state index contributed by atoms with van der Waals surface area (Å²) in [6.45, 7) is 8.64. The van der Waals surface area contributed by atoms with Crippen molar-refractivity contribution in [3.8, 4) is 0 Å². The van der Waals surface area contributed by atoms with Gasteiger partial charge in [-0.15, -0.1) is 0 Å². The Morgan fingerprint density at radius 2 is 1.60 bits per heavy atom. The third-order valence-electron chi connectivity index (χ3n) is 3.15. The SMILES string of the molecule is CCN(CC)CCCNC(=O)NCCCCC(=O)OC. The lowest BCUT2D eigenvalue weighted by atomic mass is 10.2. The zero-order chi connectivity index (χ0) is 15.2. The minimum atomic E-state index is -0.203. The second-order valence-corrected chi connectivity index (χ2v) is 4.60. The summed E-state index contributed by atoms with van der Waals surface area (Å²) in [6, 6.07) is -0.136. The molecule has 118 valence electrons. The molecule has 0 aliphatic rings. The lowest BCUT2D eigenvalue weighted by molar-refractivity contribution is -0.140. The summed E-state index contributed by atoms with van der Waals surface area (Å²) in [4.78, 5) is 24.6. The summed E-state index contributed by atoms with van der Waals surface area (Å²) >= 11 is 0. The molecule has 0 spiro atoms. The number of carbonyl (C=O) groups excluding carboxylic acids is 2. The Labute approximate surface area is 122 Å². The zero-order valence-electron chi connectivity index (χ0n) is 13.0. The van der Waals surface area contributed by atoms with Gasteiger partial charge in [0, 0.05) is 19.5 Å². The first kappa shape index (κ1) is 18.7. The highest BCUT2D eigenvalue weighted by atomic mass is 16.5. The average Bonchev–Trinajstić information content (AvgIpc) is 2.46. The summed E-state index contributed by atoms with van der Waals surface area (Å²) < 4.78 is 4.54. The summed E-state index contributed by atoms with van der Waals surface area (Å²) in [7, 11) is 1.38. The quantitative estimate of drug-likeness (QED) is 0.445. The molecule has 2 amide bonds. The Morgan fingerprint density at radius 3 is 2.15 bits per heavy atom. The van der Waals surface area contributed by atoms with Crippen molar-refractivity contribution in [3.63, 3.8) is 0 Å². The van der Waals surface area contributed by atoms with Crippen LogP contribution < -0.4 is 10.6 Å². The fourth-order valence-electron chi connectivity index (χ4n) is 1.81. The van der Waals surface area contributed by atoms with Gasteiger partial charge >= 0.3 is 12.0 Å². The highest BCUT2D eigenvalue weighted by Crippen LogP contribution is 1.95. The number of ether oxygens (including phenoxy) is 1. The van der Waals surface area contributed by atoms with E-state index in [1.165, 1.54) is 7.11 Å². The van der Waals surface area contributed by atoms with Crippen molar-refractivity contribution in [1.82, 2.24) is 15.5 Å². The lowest BCUT2D eigenvalue weighted by Gasteiger charge is -2.17. The molecule has 6 heteroatoms. The number of nitrogens with one attached hydrogen (secondary N) is 2. The molecule has 0 unspecified atom stereocenters. The van der Waals surface area contributed by atoms with Crippen LogP contribution in [0.3, 0.4) is 0 Å². The molecular formula is C14H29N3O3. The van der Waals surface area contributed by atoms with Gasteiger partial charge in [-0.2, -0.15) is 0 Å². The van der Waals surface area contributed by atoms with E-state index in [-0.39, 0.29) is 12.0 Å². The molecule has 0 saturated heterocycles. The monoisotopic (exact) mass is 287 g/mol. The van der Waals surface area contributed by atoms with Gasteiger partial charge in [0.1, 0.15) is 0 Å². The van der Waals surface area contributed by atoms with Crippen molar-refractivity contribution >= 4 is 12.0 Å². The molecule has 0 atom stereocenters. The molecule has 0 aliphatic carbocycles. The lowest BCUT2D eigenvalue weighted by Crippen LogP contribution is -2.37. The van der Waals surface area contributed by atoms with Crippen LogP contribution in [-0.4, -0.2) is 56.7 Å². The van der Waals surface area contributed by atoms with Crippen LogP contribution in [0.2, 0.25) is 0 Å². The molecule has 0 bridgehead atoms. The smallest absolute Gasteiger partial charge is 0.314 e. The Hall–Kier alpha value is -1.30. The van der Waals surface area contributed by atoms with Gasteiger partial charge in [-0.1, -0.05) is 13.8 Å². The van der Waals surface area contributed by atoms with Crippen molar-refractivity contribution < 1.29 is 14.3 Å². The van der Waals surface area contributed by atoms with Gasteiger partial charge in [0.25, 0.3) is 0 Å².